The van der Waals surface area contributed by atoms with Gasteiger partial charge < -0.3 is 20.3 Å². The largest absolute Gasteiger partial charge is 0.466 e. The summed E-state index contributed by atoms with van der Waals surface area (Å²) in [4.78, 5) is 24.6. The molecule has 0 saturated heterocycles. The number of amides is 1. The van der Waals surface area contributed by atoms with E-state index in [0.717, 1.165) is 51.4 Å². The second kappa shape index (κ2) is 69.3. The van der Waals surface area contributed by atoms with Gasteiger partial charge in [0, 0.05) is 12.8 Å². The summed E-state index contributed by atoms with van der Waals surface area (Å²) in [5.74, 6) is -0.0544. The van der Waals surface area contributed by atoms with Crippen LogP contribution in [0.25, 0.3) is 0 Å². The maximum atomic E-state index is 12.5. The second-order valence-corrected chi connectivity index (χ2v) is 24.6. The van der Waals surface area contributed by atoms with E-state index in [4.69, 9.17) is 4.74 Å². The van der Waals surface area contributed by atoms with E-state index in [9.17, 15) is 19.8 Å². The van der Waals surface area contributed by atoms with Crippen LogP contribution in [-0.2, 0) is 14.3 Å². The molecule has 0 aliphatic carbocycles. The Morgan fingerprint density at radius 3 is 0.975 bits per heavy atom. The first kappa shape index (κ1) is 77.8. The summed E-state index contributed by atoms with van der Waals surface area (Å²) in [5, 5.41) is 23.1. The molecule has 0 aliphatic rings. The maximum Gasteiger partial charge on any atom is 0.305 e. The number of aliphatic hydroxyl groups excluding tert-OH is 2. The van der Waals surface area contributed by atoms with Crippen molar-refractivity contribution in [3.05, 3.63) is 48.6 Å². The fourth-order valence-corrected chi connectivity index (χ4v) is 11.1. The van der Waals surface area contributed by atoms with Crippen molar-refractivity contribution >= 4 is 11.9 Å². The van der Waals surface area contributed by atoms with Gasteiger partial charge in [-0.25, -0.2) is 0 Å². The number of carbonyl (C=O) groups excluding carboxylic acids is 2. The summed E-state index contributed by atoms with van der Waals surface area (Å²) in [5.41, 5.74) is 0. The first-order valence-electron chi connectivity index (χ1n) is 35.9. The van der Waals surface area contributed by atoms with Crippen molar-refractivity contribution in [3.63, 3.8) is 0 Å². The normalized spacial score (nSPS) is 12.8. The molecule has 3 N–H and O–H groups in total. The van der Waals surface area contributed by atoms with Crippen LogP contribution in [0.5, 0.6) is 0 Å². The number of esters is 1. The number of aliphatic hydroxyl groups is 2. The van der Waals surface area contributed by atoms with E-state index in [1.54, 1.807) is 6.08 Å². The Balaban J connectivity index is 3.37. The number of nitrogens with one attached hydrogen (secondary N) is 1. The number of hydrogen-bond donors (Lipinski definition) is 3. The monoisotopic (exact) mass is 1120 g/mol. The van der Waals surface area contributed by atoms with Crippen LogP contribution in [0, 0.1) is 0 Å². The molecule has 0 bridgehead atoms. The summed E-state index contributed by atoms with van der Waals surface area (Å²) < 4.78 is 5.50. The smallest absolute Gasteiger partial charge is 0.305 e. The van der Waals surface area contributed by atoms with Gasteiger partial charge in [0.1, 0.15) is 0 Å². The molecule has 0 rings (SSSR count). The van der Waals surface area contributed by atoms with Crippen LogP contribution in [0.3, 0.4) is 0 Å². The number of rotatable bonds is 67. The molecule has 0 aromatic rings. The van der Waals surface area contributed by atoms with Crippen molar-refractivity contribution in [1.29, 1.82) is 0 Å². The van der Waals surface area contributed by atoms with Gasteiger partial charge >= 0.3 is 5.97 Å². The average Bonchev–Trinajstić information content (AvgIpc) is 3.46. The van der Waals surface area contributed by atoms with Gasteiger partial charge in [-0.2, -0.15) is 0 Å². The second-order valence-electron chi connectivity index (χ2n) is 24.6. The van der Waals surface area contributed by atoms with E-state index in [1.165, 1.54) is 308 Å². The van der Waals surface area contributed by atoms with Gasteiger partial charge in [-0.05, 0) is 89.9 Å². The van der Waals surface area contributed by atoms with Crippen molar-refractivity contribution in [2.24, 2.45) is 0 Å². The predicted octanol–water partition coefficient (Wildman–Crippen LogP) is 23.3. The lowest BCUT2D eigenvalue weighted by molar-refractivity contribution is -0.143. The molecule has 0 aromatic heterocycles. The number of ether oxygens (including phenoxy) is 1. The SMILES string of the molecule is CCCCCC/C=C\C/C=C\CCCCCCCCCC(=O)OCCCCCCCCCCCCCC/C=C\CCCCCCCCCCCCCCCCCC(=O)NC(CO)C(O)/C=C/CCCCCCCCCCCCCC. The van der Waals surface area contributed by atoms with Gasteiger partial charge in [0.25, 0.3) is 0 Å². The van der Waals surface area contributed by atoms with E-state index < -0.39 is 12.1 Å². The Kier molecular flexibility index (Phi) is 67.4. The Bertz CT molecular complexity index is 1340. The summed E-state index contributed by atoms with van der Waals surface area (Å²) in [7, 11) is 0. The van der Waals surface area contributed by atoms with Gasteiger partial charge in [-0.15, -0.1) is 0 Å². The third-order valence-electron chi connectivity index (χ3n) is 16.6. The van der Waals surface area contributed by atoms with Crippen molar-refractivity contribution < 1.29 is 24.5 Å². The zero-order valence-electron chi connectivity index (χ0n) is 53.8. The standard InChI is InChI=1S/C74H139NO5/c1-3-5-7-9-11-13-15-17-19-20-37-40-44-48-52-56-60-64-68-74(79)80-69-65-61-57-53-49-45-41-38-35-33-31-29-27-25-23-21-22-24-26-28-30-32-34-36-39-43-47-51-55-59-63-67-73(78)75-71(70-76)72(77)66-62-58-54-50-46-42-18-16-14-12-10-8-6-4-2/h13,15,19-20,23,25,62,66,71-72,76-77H,3-12,14,16-18,21-22,24,26-61,63-65,67-70H2,1-2H3,(H,75,78)/b15-13-,20-19-,25-23-,66-62+. The quantitative estimate of drug-likeness (QED) is 0.0320. The molecule has 0 aliphatic heterocycles. The van der Waals surface area contributed by atoms with E-state index in [2.05, 4.69) is 55.6 Å². The third kappa shape index (κ3) is 65.0. The summed E-state index contributed by atoms with van der Waals surface area (Å²) >= 11 is 0. The summed E-state index contributed by atoms with van der Waals surface area (Å²) in [6.45, 7) is 4.91. The van der Waals surface area contributed by atoms with E-state index in [-0.39, 0.29) is 18.5 Å². The molecule has 0 fully saturated rings. The highest BCUT2D eigenvalue weighted by Gasteiger charge is 2.18. The van der Waals surface area contributed by atoms with Gasteiger partial charge in [-0.3, -0.25) is 9.59 Å². The van der Waals surface area contributed by atoms with Crippen LogP contribution in [0.1, 0.15) is 386 Å². The Morgan fingerprint density at radius 2 is 0.625 bits per heavy atom. The molecule has 6 heteroatoms. The van der Waals surface area contributed by atoms with E-state index in [1.807, 2.05) is 6.08 Å². The number of hydrogen-bond acceptors (Lipinski definition) is 5. The zero-order chi connectivity index (χ0) is 57.8. The molecule has 470 valence electrons. The van der Waals surface area contributed by atoms with Gasteiger partial charge in [0.2, 0.25) is 5.91 Å². The van der Waals surface area contributed by atoms with E-state index >= 15 is 0 Å². The number of unbranched alkanes of at least 4 members (excludes halogenated alkanes) is 50. The molecule has 0 saturated carbocycles. The molecule has 6 nitrogen and oxygen atoms in total. The highest BCUT2D eigenvalue weighted by atomic mass is 16.5. The van der Waals surface area contributed by atoms with Gasteiger partial charge in [0.05, 0.1) is 25.4 Å². The lowest BCUT2D eigenvalue weighted by atomic mass is 10.0. The molecule has 0 spiro atoms. The van der Waals surface area contributed by atoms with Crippen LogP contribution in [-0.4, -0.2) is 47.4 Å². The minimum absolute atomic E-state index is 0.0102. The molecule has 1 amide bonds. The molecular weight excluding hydrogens is 983 g/mol. The first-order chi connectivity index (χ1) is 39.5. The molecule has 0 aromatic carbocycles. The van der Waals surface area contributed by atoms with Crippen molar-refractivity contribution in [3.8, 4) is 0 Å². The molecule has 0 heterocycles. The highest BCUT2D eigenvalue weighted by molar-refractivity contribution is 5.76. The molecular formula is C74H139NO5. The topological polar surface area (TPSA) is 95.9 Å². The van der Waals surface area contributed by atoms with E-state index in [0.29, 0.717) is 19.4 Å². The third-order valence-corrected chi connectivity index (χ3v) is 16.6. The lowest BCUT2D eigenvalue weighted by Crippen LogP contribution is -2.45. The highest BCUT2D eigenvalue weighted by Crippen LogP contribution is 2.18. The number of allylic oxidation sites excluding steroid dienone is 7. The minimum Gasteiger partial charge on any atom is -0.466 e. The van der Waals surface area contributed by atoms with Crippen molar-refractivity contribution in [2.75, 3.05) is 13.2 Å². The molecule has 0 radical (unpaired) electrons. The average molecular weight is 1120 g/mol. The zero-order valence-corrected chi connectivity index (χ0v) is 53.8. The first-order valence-corrected chi connectivity index (χ1v) is 35.9. The maximum absolute atomic E-state index is 12.5. The van der Waals surface area contributed by atoms with Crippen LogP contribution < -0.4 is 5.32 Å². The van der Waals surface area contributed by atoms with Crippen LogP contribution >= 0.6 is 0 Å². The van der Waals surface area contributed by atoms with Gasteiger partial charge in [0.15, 0.2) is 0 Å². The minimum atomic E-state index is -0.843. The Morgan fingerprint density at radius 1 is 0.350 bits per heavy atom. The van der Waals surface area contributed by atoms with Crippen molar-refractivity contribution in [1.82, 2.24) is 5.32 Å². The molecule has 2 atom stereocenters. The van der Waals surface area contributed by atoms with Gasteiger partial charge in [-0.1, -0.05) is 332 Å². The fraction of sp³-hybridized carbons (Fsp3) is 0.865. The van der Waals surface area contributed by atoms with Crippen LogP contribution in [0.4, 0.5) is 0 Å². The predicted molar refractivity (Wildman–Crippen MR) is 352 cm³/mol. The molecule has 80 heavy (non-hydrogen) atoms. The fourth-order valence-electron chi connectivity index (χ4n) is 11.1. The summed E-state index contributed by atoms with van der Waals surface area (Å²) in [6.07, 6.45) is 90.5. The van der Waals surface area contributed by atoms with Crippen LogP contribution in [0.2, 0.25) is 0 Å². The van der Waals surface area contributed by atoms with Crippen LogP contribution in [0.15, 0.2) is 48.6 Å². The summed E-state index contributed by atoms with van der Waals surface area (Å²) in [6, 6.07) is -0.626. The van der Waals surface area contributed by atoms with Crippen molar-refractivity contribution in [2.45, 2.75) is 398 Å². The Labute approximate surface area is 499 Å². The number of carbonyl (C=O) groups is 2. The Hall–Kier alpha value is -2.18. The lowest BCUT2D eigenvalue weighted by Gasteiger charge is -2.20. The molecule has 2 unspecified atom stereocenters.